The van der Waals surface area contributed by atoms with E-state index in [1.54, 1.807) is 30.3 Å². The zero-order chi connectivity index (χ0) is 17.8. The third-order valence-electron chi connectivity index (χ3n) is 4.56. The summed E-state index contributed by atoms with van der Waals surface area (Å²) in [6.45, 7) is 1.53. The number of furan rings is 1. The average Bonchev–Trinajstić information content (AvgIpc) is 3.09. The topological polar surface area (TPSA) is 45.9 Å². The fraction of sp³-hybridized carbons (Fsp3) is 0.421. The van der Waals surface area contributed by atoms with Crippen molar-refractivity contribution in [2.24, 2.45) is 0 Å². The van der Waals surface area contributed by atoms with E-state index >= 15 is 0 Å². The van der Waals surface area contributed by atoms with Crippen molar-refractivity contribution in [3.05, 3.63) is 53.7 Å². The second kappa shape index (κ2) is 7.70. The van der Waals surface area contributed by atoms with E-state index < -0.39 is 5.82 Å². The number of hydrogen-bond donors (Lipinski definition) is 0. The van der Waals surface area contributed by atoms with Crippen molar-refractivity contribution in [1.29, 1.82) is 0 Å². The van der Waals surface area contributed by atoms with Gasteiger partial charge in [-0.25, -0.2) is 4.39 Å². The van der Waals surface area contributed by atoms with E-state index in [4.69, 9.17) is 9.15 Å². The number of amides is 1. The largest absolute Gasteiger partial charge is 0.483 e. The molecule has 1 saturated heterocycles. The number of carbonyl (C=O) groups is 1. The zero-order valence-electron chi connectivity index (χ0n) is 14.6. The van der Waals surface area contributed by atoms with Crippen molar-refractivity contribution < 1.29 is 18.3 Å². The number of carbonyl (C=O) groups excluding carboxylic acids is 1. The fourth-order valence-electron chi connectivity index (χ4n) is 3.02. The maximum Gasteiger partial charge on any atom is 0.289 e. The van der Waals surface area contributed by atoms with Crippen LogP contribution in [0.25, 0.3) is 0 Å². The minimum Gasteiger partial charge on any atom is -0.483 e. The standard InChI is InChI=1S/C19H23FN2O3/c1-21(2)14-9-11-22(12-10-14)19(23)18-8-7-15(25-18)13-24-17-6-4-3-5-16(17)20/h3-8,14H,9-13H2,1-2H3. The second-order valence-corrected chi connectivity index (χ2v) is 6.47. The van der Waals surface area contributed by atoms with E-state index in [2.05, 4.69) is 19.0 Å². The number of nitrogens with zero attached hydrogens (tertiary/aromatic N) is 2. The average molecular weight is 346 g/mol. The molecule has 0 saturated carbocycles. The molecule has 0 N–H and O–H groups in total. The predicted octanol–water partition coefficient (Wildman–Crippen LogP) is 3.16. The Kier molecular flexibility index (Phi) is 5.38. The highest BCUT2D eigenvalue weighted by Gasteiger charge is 2.26. The van der Waals surface area contributed by atoms with E-state index in [0.29, 0.717) is 17.6 Å². The summed E-state index contributed by atoms with van der Waals surface area (Å²) in [5.41, 5.74) is 0. The summed E-state index contributed by atoms with van der Waals surface area (Å²) in [7, 11) is 4.13. The van der Waals surface area contributed by atoms with Crippen LogP contribution in [0.4, 0.5) is 4.39 Å². The number of hydrogen-bond acceptors (Lipinski definition) is 4. The van der Waals surface area contributed by atoms with Crippen molar-refractivity contribution >= 4 is 5.91 Å². The van der Waals surface area contributed by atoms with Crippen LogP contribution in [-0.2, 0) is 6.61 Å². The molecule has 1 aliphatic rings. The third kappa shape index (κ3) is 4.20. The van der Waals surface area contributed by atoms with E-state index in [0.717, 1.165) is 25.9 Å². The first-order chi connectivity index (χ1) is 12.0. The summed E-state index contributed by atoms with van der Waals surface area (Å²) in [6, 6.07) is 10.1. The summed E-state index contributed by atoms with van der Waals surface area (Å²) in [4.78, 5) is 16.6. The van der Waals surface area contributed by atoms with Crippen LogP contribution < -0.4 is 4.74 Å². The molecule has 0 spiro atoms. The number of piperidine rings is 1. The molecule has 2 heterocycles. The van der Waals surface area contributed by atoms with Crippen LogP contribution in [0.15, 0.2) is 40.8 Å². The highest BCUT2D eigenvalue weighted by molar-refractivity contribution is 5.91. The van der Waals surface area contributed by atoms with E-state index in [1.807, 2.05) is 4.90 Å². The lowest BCUT2D eigenvalue weighted by Gasteiger charge is -2.34. The quantitative estimate of drug-likeness (QED) is 0.834. The van der Waals surface area contributed by atoms with Crippen LogP contribution in [0, 0.1) is 5.82 Å². The van der Waals surface area contributed by atoms with Gasteiger partial charge in [-0.1, -0.05) is 12.1 Å². The molecule has 3 rings (SSSR count). The minimum atomic E-state index is -0.422. The number of rotatable bonds is 5. The molecule has 1 fully saturated rings. The summed E-state index contributed by atoms with van der Waals surface area (Å²) in [5, 5.41) is 0. The van der Waals surface area contributed by atoms with Crippen LogP contribution in [0.1, 0.15) is 29.2 Å². The molecule has 1 aliphatic heterocycles. The first-order valence-electron chi connectivity index (χ1n) is 8.46. The normalized spacial score (nSPS) is 15.6. The van der Waals surface area contributed by atoms with Crippen molar-refractivity contribution in [3.63, 3.8) is 0 Å². The Balaban J connectivity index is 1.56. The predicted molar refractivity (Wildman–Crippen MR) is 92.1 cm³/mol. The Bertz CT molecular complexity index is 721. The van der Waals surface area contributed by atoms with E-state index in [9.17, 15) is 9.18 Å². The van der Waals surface area contributed by atoms with Crippen LogP contribution >= 0.6 is 0 Å². The van der Waals surface area contributed by atoms with Gasteiger partial charge in [0.05, 0.1) is 0 Å². The molecule has 0 bridgehead atoms. The van der Waals surface area contributed by atoms with Crippen molar-refractivity contribution in [2.75, 3.05) is 27.2 Å². The molecule has 134 valence electrons. The number of benzene rings is 1. The first-order valence-corrected chi connectivity index (χ1v) is 8.46. The van der Waals surface area contributed by atoms with Crippen LogP contribution in [0.5, 0.6) is 5.75 Å². The van der Waals surface area contributed by atoms with Crippen molar-refractivity contribution in [1.82, 2.24) is 9.80 Å². The number of para-hydroxylation sites is 1. The summed E-state index contributed by atoms with van der Waals surface area (Å²) in [5.74, 6) is 0.436. The molecule has 1 amide bonds. The lowest BCUT2D eigenvalue weighted by Crippen LogP contribution is -2.44. The highest BCUT2D eigenvalue weighted by atomic mass is 19.1. The first kappa shape index (κ1) is 17.5. The SMILES string of the molecule is CN(C)C1CCN(C(=O)c2ccc(COc3ccccc3F)o2)CC1. The summed E-state index contributed by atoms with van der Waals surface area (Å²) < 4.78 is 24.5. The number of halogens is 1. The van der Waals surface area contributed by atoms with Gasteiger partial charge in [-0.3, -0.25) is 4.79 Å². The molecule has 0 atom stereocenters. The molecular formula is C19H23FN2O3. The minimum absolute atomic E-state index is 0.0803. The Morgan fingerprint density at radius 2 is 1.96 bits per heavy atom. The third-order valence-corrected chi connectivity index (χ3v) is 4.56. The summed E-state index contributed by atoms with van der Waals surface area (Å²) >= 11 is 0. The molecule has 0 unspecified atom stereocenters. The Hall–Kier alpha value is -2.34. The van der Waals surface area contributed by atoms with E-state index in [1.165, 1.54) is 6.07 Å². The van der Waals surface area contributed by atoms with Gasteiger partial charge in [-0.15, -0.1) is 0 Å². The van der Waals surface area contributed by atoms with Crippen LogP contribution in [0.3, 0.4) is 0 Å². The zero-order valence-corrected chi connectivity index (χ0v) is 14.6. The van der Waals surface area contributed by atoms with Gasteiger partial charge in [0.15, 0.2) is 17.3 Å². The molecule has 1 aromatic carbocycles. The van der Waals surface area contributed by atoms with E-state index in [-0.39, 0.29) is 18.3 Å². The van der Waals surface area contributed by atoms with Gasteiger partial charge in [-0.05, 0) is 51.2 Å². The Labute approximate surface area is 147 Å². The smallest absolute Gasteiger partial charge is 0.289 e. The molecule has 0 radical (unpaired) electrons. The van der Waals surface area contributed by atoms with Gasteiger partial charge < -0.3 is 19.0 Å². The van der Waals surface area contributed by atoms with Crippen molar-refractivity contribution in [2.45, 2.75) is 25.5 Å². The number of ether oxygens (including phenoxy) is 1. The second-order valence-electron chi connectivity index (χ2n) is 6.47. The molecule has 1 aromatic heterocycles. The number of likely N-dealkylation sites (tertiary alicyclic amines) is 1. The molecule has 5 nitrogen and oxygen atoms in total. The van der Waals surface area contributed by atoms with Gasteiger partial charge in [0.1, 0.15) is 12.4 Å². The lowest BCUT2D eigenvalue weighted by atomic mass is 10.0. The molecule has 0 aliphatic carbocycles. The fourth-order valence-corrected chi connectivity index (χ4v) is 3.02. The lowest BCUT2D eigenvalue weighted by molar-refractivity contribution is 0.0628. The molecule has 25 heavy (non-hydrogen) atoms. The highest BCUT2D eigenvalue weighted by Crippen LogP contribution is 2.20. The Morgan fingerprint density at radius 3 is 2.64 bits per heavy atom. The molecular weight excluding hydrogens is 323 g/mol. The molecule has 2 aromatic rings. The van der Waals surface area contributed by atoms with Gasteiger partial charge in [0.2, 0.25) is 0 Å². The maximum atomic E-state index is 13.5. The van der Waals surface area contributed by atoms with Gasteiger partial charge in [-0.2, -0.15) is 0 Å². The molecule has 6 heteroatoms. The monoisotopic (exact) mass is 346 g/mol. The van der Waals surface area contributed by atoms with Gasteiger partial charge in [0.25, 0.3) is 5.91 Å². The van der Waals surface area contributed by atoms with Crippen molar-refractivity contribution in [3.8, 4) is 5.75 Å². The van der Waals surface area contributed by atoms with Gasteiger partial charge in [0, 0.05) is 19.1 Å². The van der Waals surface area contributed by atoms with Gasteiger partial charge >= 0.3 is 0 Å². The maximum absolute atomic E-state index is 13.5. The van der Waals surface area contributed by atoms with Crippen LogP contribution in [0.2, 0.25) is 0 Å². The Morgan fingerprint density at radius 1 is 1.24 bits per heavy atom. The summed E-state index contributed by atoms with van der Waals surface area (Å²) in [6.07, 6.45) is 1.92. The van der Waals surface area contributed by atoms with Crippen LogP contribution in [-0.4, -0.2) is 48.9 Å².